The predicted molar refractivity (Wildman–Crippen MR) is 68.1 cm³/mol. The maximum atomic E-state index is 12.0. The van der Waals surface area contributed by atoms with Gasteiger partial charge in [0.05, 0.1) is 0 Å². The van der Waals surface area contributed by atoms with E-state index >= 15 is 0 Å². The SMILES string of the molecule is CNC(CSC)Cc1ccc(OC(F)(F)F)cc1. The molecule has 0 heterocycles. The molecule has 1 rings (SSSR count). The summed E-state index contributed by atoms with van der Waals surface area (Å²) in [6.07, 6.45) is -1.83. The Morgan fingerprint density at radius 3 is 2.33 bits per heavy atom. The fraction of sp³-hybridized carbons (Fsp3) is 0.500. The van der Waals surface area contributed by atoms with Gasteiger partial charge >= 0.3 is 6.36 Å². The lowest BCUT2D eigenvalue weighted by molar-refractivity contribution is -0.274. The summed E-state index contributed by atoms with van der Waals surface area (Å²) in [4.78, 5) is 0. The maximum absolute atomic E-state index is 12.0. The monoisotopic (exact) mass is 279 g/mol. The normalized spacial score (nSPS) is 13.4. The van der Waals surface area contributed by atoms with Crippen LogP contribution in [0, 0.1) is 0 Å². The van der Waals surface area contributed by atoms with E-state index in [1.807, 2.05) is 13.3 Å². The average molecular weight is 279 g/mol. The van der Waals surface area contributed by atoms with E-state index in [0.29, 0.717) is 6.04 Å². The second-order valence-corrected chi connectivity index (χ2v) is 4.75. The van der Waals surface area contributed by atoms with Crippen molar-refractivity contribution in [3.63, 3.8) is 0 Å². The molecule has 0 aliphatic carbocycles. The van der Waals surface area contributed by atoms with E-state index in [1.165, 1.54) is 12.1 Å². The summed E-state index contributed by atoms with van der Waals surface area (Å²) in [5, 5.41) is 3.17. The highest BCUT2D eigenvalue weighted by atomic mass is 32.2. The number of benzene rings is 1. The number of likely N-dealkylation sites (N-methyl/N-ethyl adjacent to an activating group) is 1. The largest absolute Gasteiger partial charge is 0.573 e. The highest BCUT2D eigenvalue weighted by Crippen LogP contribution is 2.23. The number of halogens is 3. The maximum Gasteiger partial charge on any atom is 0.573 e. The molecule has 0 radical (unpaired) electrons. The Kier molecular flexibility index (Phi) is 5.81. The van der Waals surface area contributed by atoms with Gasteiger partial charge in [-0.25, -0.2) is 0 Å². The summed E-state index contributed by atoms with van der Waals surface area (Å²) in [6, 6.07) is 6.31. The molecule has 1 N–H and O–H groups in total. The number of ether oxygens (including phenoxy) is 1. The van der Waals surface area contributed by atoms with Crippen molar-refractivity contribution in [3.05, 3.63) is 29.8 Å². The van der Waals surface area contributed by atoms with Crippen molar-refractivity contribution in [1.29, 1.82) is 0 Å². The lowest BCUT2D eigenvalue weighted by atomic mass is 10.1. The van der Waals surface area contributed by atoms with Crippen molar-refractivity contribution in [1.82, 2.24) is 5.32 Å². The molecule has 0 aromatic heterocycles. The molecule has 102 valence electrons. The van der Waals surface area contributed by atoms with Gasteiger partial charge < -0.3 is 10.1 Å². The third kappa shape index (κ3) is 5.64. The van der Waals surface area contributed by atoms with Gasteiger partial charge in [-0.15, -0.1) is 13.2 Å². The van der Waals surface area contributed by atoms with Gasteiger partial charge in [0.1, 0.15) is 5.75 Å². The number of hydrogen-bond donors (Lipinski definition) is 1. The second kappa shape index (κ2) is 6.89. The standard InChI is InChI=1S/C12H16F3NOS/c1-16-10(8-18-2)7-9-3-5-11(6-4-9)17-12(13,14)15/h3-6,10,16H,7-8H2,1-2H3. The third-order valence-corrected chi connectivity index (χ3v) is 3.15. The van der Waals surface area contributed by atoms with E-state index in [4.69, 9.17) is 0 Å². The zero-order valence-corrected chi connectivity index (χ0v) is 11.1. The Balaban J connectivity index is 2.59. The van der Waals surface area contributed by atoms with Gasteiger partial charge in [0.2, 0.25) is 0 Å². The summed E-state index contributed by atoms with van der Waals surface area (Å²) < 4.78 is 39.7. The predicted octanol–water partition coefficient (Wildman–Crippen LogP) is 3.08. The molecular weight excluding hydrogens is 263 g/mol. The van der Waals surface area contributed by atoms with Crippen LogP contribution in [0.1, 0.15) is 5.56 Å². The molecule has 1 atom stereocenters. The number of hydrogen-bond acceptors (Lipinski definition) is 3. The van der Waals surface area contributed by atoms with Crippen LogP contribution in [-0.4, -0.2) is 31.5 Å². The van der Waals surface area contributed by atoms with E-state index in [0.717, 1.165) is 17.7 Å². The molecular formula is C12H16F3NOS. The summed E-state index contributed by atoms with van der Waals surface area (Å²) in [7, 11) is 1.88. The van der Waals surface area contributed by atoms with E-state index in [2.05, 4.69) is 10.1 Å². The van der Waals surface area contributed by atoms with Gasteiger partial charge in [0.15, 0.2) is 0 Å². The molecule has 1 aromatic carbocycles. The summed E-state index contributed by atoms with van der Waals surface area (Å²) in [6.45, 7) is 0. The van der Waals surface area contributed by atoms with Gasteiger partial charge in [-0.1, -0.05) is 12.1 Å². The van der Waals surface area contributed by atoms with E-state index < -0.39 is 6.36 Å². The molecule has 6 heteroatoms. The second-order valence-electron chi connectivity index (χ2n) is 3.84. The topological polar surface area (TPSA) is 21.3 Å². The van der Waals surface area contributed by atoms with Crippen molar-refractivity contribution >= 4 is 11.8 Å². The van der Waals surface area contributed by atoms with Gasteiger partial charge in [-0.2, -0.15) is 11.8 Å². The Bertz CT molecular complexity index is 353. The molecule has 0 saturated heterocycles. The average Bonchev–Trinajstić information content (AvgIpc) is 2.29. The number of nitrogens with one attached hydrogen (secondary N) is 1. The highest BCUT2D eigenvalue weighted by Gasteiger charge is 2.30. The molecule has 0 spiro atoms. The van der Waals surface area contributed by atoms with Crippen molar-refractivity contribution in [2.45, 2.75) is 18.8 Å². The fourth-order valence-corrected chi connectivity index (χ4v) is 2.24. The van der Waals surface area contributed by atoms with Crippen LogP contribution in [0.25, 0.3) is 0 Å². The zero-order valence-electron chi connectivity index (χ0n) is 10.3. The van der Waals surface area contributed by atoms with Crippen LogP contribution in [0.15, 0.2) is 24.3 Å². The Labute approximate surface area is 109 Å². The van der Waals surface area contributed by atoms with Gasteiger partial charge in [0, 0.05) is 11.8 Å². The number of alkyl halides is 3. The van der Waals surface area contributed by atoms with Crippen LogP contribution in [-0.2, 0) is 6.42 Å². The minimum absolute atomic E-state index is 0.183. The first-order valence-corrected chi connectivity index (χ1v) is 6.85. The first kappa shape index (κ1) is 15.2. The first-order chi connectivity index (χ1) is 8.44. The quantitative estimate of drug-likeness (QED) is 0.864. The minimum atomic E-state index is -4.63. The molecule has 0 aliphatic heterocycles. The van der Waals surface area contributed by atoms with Gasteiger partial charge in [-0.3, -0.25) is 0 Å². The molecule has 2 nitrogen and oxygen atoms in total. The van der Waals surface area contributed by atoms with Crippen molar-refractivity contribution in [3.8, 4) is 5.75 Å². The van der Waals surface area contributed by atoms with Crippen molar-refractivity contribution < 1.29 is 17.9 Å². The van der Waals surface area contributed by atoms with Crippen molar-refractivity contribution in [2.24, 2.45) is 0 Å². The molecule has 1 unspecified atom stereocenters. The van der Waals surface area contributed by atoms with E-state index in [9.17, 15) is 13.2 Å². The smallest absolute Gasteiger partial charge is 0.406 e. The van der Waals surface area contributed by atoms with Crippen LogP contribution in [0.2, 0.25) is 0 Å². The van der Waals surface area contributed by atoms with Crippen molar-refractivity contribution in [2.75, 3.05) is 19.1 Å². The molecule has 0 fully saturated rings. The molecule has 0 saturated carbocycles. The van der Waals surface area contributed by atoms with Gasteiger partial charge in [-0.05, 0) is 37.4 Å². The highest BCUT2D eigenvalue weighted by molar-refractivity contribution is 7.98. The summed E-state index contributed by atoms with van der Waals surface area (Å²) in [5.41, 5.74) is 0.984. The van der Waals surface area contributed by atoms with Crippen LogP contribution >= 0.6 is 11.8 Å². The minimum Gasteiger partial charge on any atom is -0.406 e. The Morgan fingerprint density at radius 1 is 1.28 bits per heavy atom. The number of thioether (sulfide) groups is 1. The van der Waals surface area contributed by atoms with Crippen LogP contribution < -0.4 is 10.1 Å². The van der Waals surface area contributed by atoms with E-state index in [1.54, 1.807) is 23.9 Å². The Hall–Kier alpha value is -0.880. The third-order valence-electron chi connectivity index (χ3n) is 2.42. The van der Waals surface area contributed by atoms with Gasteiger partial charge in [0.25, 0.3) is 0 Å². The Morgan fingerprint density at radius 2 is 1.89 bits per heavy atom. The molecule has 0 aliphatic rings. The number of rotatable bonds is 6. The lowest BCUT2D eigenvalue weighted by Gasteiger charge is -2.15. The molecule has 18 heavy (non-hydrogen) atoms. The zero-order chi connectivity index (χ0) is 13.6. The molecule has 0 bridgehead atoms. The first-order valence-electron chi connectivity index (χ1n) is 5.45. The summed E-state index contributed by atoms with van der Waals surface area (Å²) >= 11 is 1.73. The van der Waals surface area contributed by atoms with Crippen LogP contribution in [0.5, 0.6) is 5.75 Å². The summed E-state index contributed by atoms with van der Waals surface area (Å²) in [5.74, 6) is 0.772. The van der Waals surface area contributed by atoms with Crippen LogP contribution in [0.4, 0.5) is 13.2 Å². The van der Waals surface area contributed by atoms with Crippen LogP contribution in [0.3, 0.4) is 0 Å². The molecule has 0 amide bonds. The molecule has 1 aromatic rings. The fourth-order valence-electron chi connectivity index (χ4n) is 1.56. The van der Waals surface area contributed by atoms with E-state index in [-0.39, 0.29) is 5.75 Å². The lowest BCUT2D eigenvalue weighted by Crippen LogP contribution is -2.29.